The molecule has 1 heterocycles. The molecule has 0 saturated carbocycles. The standard InChI is InChI=1S/C17H21ClN2/c1-17(2,3)14-7-5-4-6-13(14)16(19)10-12-8-9-20-11-15(12)18/h4-9,11,16H,10,19H2,1-3H3. The third-order valence-electron chi connectivity index (χ3n) is 3.46. The lowest BCUT2D eigenvalue weighted by Gasteiger charge is -2.26. The van der Waals surface area contributed by atoms with Gasteiger partial charge in [0, 0.05) is 18.4 Å². The number of rotatable bonds is 3. The predicted octanol–water partition coefficient (Wildman–Crippen LogP) is 4.28. The maximum absolute atomic E-state index is 6.41. The average molecular weight is 289 g/mol. The first-order chi connectivity index (χ1) is 9.39. The highest BCUT2D eigenvalue weighted by molar-refractivity contribution is 6.31. The number of aromatic nitrogens is 1. The van der Waals surface area contributed by atoms with Gasteiger partial charge in [0.25, 0.3) is 0 Å². The van der Waals surface area contributed by atoms with Crippen LogP contribution in [0.25, 0.3) is 0 Å². The van der Waals surface area contributed by atoms with Crippen molar-refractivity contribution in [1.29, 1.82) is 0 Å². The molecule has 1 unspecified atom stereocenters. The summed E-state index contributed by atoms with van der Waals surface area (Å²) in [6.07, 6.45) is 4.14. The summed E-state index contributed by atoms with van der Waals surface area (Å²) in [6.45, 7) is 6.62. The van der Waals surface area contributed by atoms with E-state index in [1.165, 1.54) is 11.1 Å². The fourth-order valence-electron chi connectivity index (χ4n) is 2.42. The molecule has 3 heteroatoms. The molecule has 1 aromatic carbocycles. The molecule has 2 aromatic rings. The summed E-state index contributed by atoms with van der Waals surface area (Å²) < 4.78 is 0. The Labute approximate surface area is 126 Å². The van der Waals surface area contributed by atoms with E-state index in [9.17, 15) is 0 Å². The van der Waals surface area contributed by atoms with Gasteiger partial charge in [-0.1, -0.05) is 56.6 Å². The lowest BCUT2D eigenvalue weighted by atomic mass is 9.81. The first-order valence-corrected chi connectivity index (χ1v) is 7.21. The number of halogens is 1. The number of nitrogens with zero attached hydrogens (tertiary/aromatic N) is 1. The van der Waals surface area contributed by atoms with E-state index in [1.54, 1.807) is 12.4 Å². The fourth-order valence-corrected chi connectivity index (χ4v) is 2.62. The van der Waals surface area contributed by atoms with E-state index in [0.717, 1.165) is 5.56 Å². The van der Waals surface area contributed by atoms with Gasteiger partial charge in [0.05, 0.1) is 5.02 Å². The van der Waals surface area contributed by atoms with Crippen molar-refractivity contribution >= 4 is 11.6 Å². The van der Waals surface area contributed by atoms with E-state index in [0.29, 0.717) is 11.4 Å². The highest BCUT2D eigenvalue weighted by atomic mass is 35.5. The lowest BCUT2D eigenvalue weighted by Crippen LogP contribution is -2.21. The molecule has 0 aliphatic rings. The predicted molar refractivity (Wildman–Crippen MR) is 85.0 cm³/mol. The summed E-state index contributed by atoms with van der Waals surface area (Å²) in [5.41, 5.74) is 10.0. The molecule has 0 aliphatic carbocycles. The molecular formula is C17H21ClN2. The van der Waals surface area contributed by atoms with E-state index >= 15 is 0 Å². The van der Waals surface area contributed by atoms with Gasteiger partial charge in [0.2, 0.25) is 0 Å². The van der Waals surface area contributed by atoms with E-state index in [2.05, 4.69) is 44.0 Å². The molecule has 0 bridgehead atoms. The minimum Gasteiger partial charge on any atom is -0.324 e. The topological polar surface area (TPSA) is 38.9 Å². The van der Waals surface area contributed by atoms with Crippen LogP contribution >= 0.6 is 11.6 Å². The smallest absolute Gasteiger partial charge is 0.0622 e. The van der Waals surface area contributed by atoms with Gasteiger partial charge in [-0.2, -0.15) is 0 Å². The maximum atomic E-state index is 6.41. The number of pyridine rings is 1. The molecule has 0 aliphatic heterocycles. The number of benzene rings is 1. The van der Waals surface area contributed by atoms with Crippen molar-refractivity contribution in [3.8, 4) is 0 Å². The van der Waals surface area contributed by atoms with Gasteiger partial charge in [-0.3, -0.25) is 4.98 Å². The van der Waals surface area contributed by atoms with Crippen LogP contribution in [0.2, 0.25) is 5.02 Å². The third kappa shape index (κ3) is 3.38. The summed E-state index contributed by atoms with van der Waals surface area (Å²) >= 11 is 6.17. The quantitative estimate of drug-likeness (QED) is 0.916. The second kappa shape index (κ2) is 5.94. The summed E-state index contributed by atoms with van der Waals surface area (Å²) in [5, 5.41) is 0.677. The molecule has 2 rings (SSSR count). The van der Waals surface area contributed by atoms with E-state index in [1.807, 2.05) is 12.1 Å². The summed E-state index contributed by atoms with van der Waals surface area (Å²) in [4.78, 5) is 4.01. The molecule has 1 aromatic heterocycles. The van der Waals surface area contributed by atoms with Crippen LogP contribution in [0.3, 0.4) is 0 Å². The Bertz CT molecular complexity index is 588. The van der Waals surface area contributed by atoms with Crippen LogP contribution in [0.4, 0.5) is 0 Å². The normalized spacial score (nSPS) is 13.2. The summed E-state index contributed by atoms with van der Waals surface area (Å²) in [6, 6.07) is 10.2. The van der Waals surface area contributed by atoms with Crippen molar-refractivity contribution in [3.63, 3.8) is 0 Å². The van der Waals surface area contributed by atoms with Crippen LogP contribution in [0.5, 0.6) is 0 Å². The SMILES string of the molecule is CC(C)(C)c1ccccc1C(N)Cc1ccncc1Cl. The molecule has 0 fully saturated rings. The monoisotopic (exact) mass is 288 g/mol. The molecule has 106 valence electrons. The van der Waals surface area contributed by atoms with Crippen molar-refractivity contribution in [3.05, 3.63) is 64.4 Å². The van der Waals surface area contributed by atoms with Crippen LogP contribution in [0.1, 0.15) is 43.5 Å². The highest BCUT2D eigenvalue weighted by Gasteiger charge is 2.21. The Hall–Kier alpha value is -1.38. The number of hydrogen-bond acceptors (Lipinski definition) is 2. The Kier molecular flexibility index (Phi) is 4.46. The van der Waals surface area contributed by atoms with E-state index in [-0.39, 0.29) is 11.5 Å². The summed E-state index contributed by atoms with van der Waals surface area (Å²) in [7, 11) is 0. The average Bonchev–Trinajstić information content (AvgIpc) is 2.40. The number of hydrogen-bond donors (Lipinski definition) is 1. The Morgan fingerprint density at radius 1 is 1.20 bits per heavy atom. The fraction of sp³-hybridized carbons (Fsp3) is 0.353. The zero-order chi connectivity index (χ0) is 14.8. The molecule has 1 atom stereocenters. The van der Waals surface area contributed by atoms with Crippen molar-refractivity contribution in [1.82, 2.24) is 4.98 Å². The Balaban J connectivity index is 2.31. The lowest BCUT2D eigenvalue weighted by molar-refractivity contribution is 0.568. The van der Waals surface area contributed by atoms with Gasteiger partial charge in [0.15, 0.2) is 0 Å². The van der Waals surface area contributed by atoms with Gasteiger partial charge >= 0.3 is 0 Å². The Morgan fingerprint density at radius 2 is 1.90 bits per heavy atom. The van der Waals surface area contributed by atoms with Crippen LogP contribution in [-0.2, 0) is 11.8 Å². The van der Waals surface area contributed by atoms with Gasteiger partial charge in [-0.15, -0.1) is 0 Å². The van der Waals surface area contributed by atoms with Crippen molar-refractivity contribution in [2.75, 3.05) is 0 Å². The van der Waals surface area contributed by atoms with E-state index < -0.39 is 0 Å². The molecule has 0 amide bonds. The molecule has 2 nitrogen and oxygen atoms in total. The van der Waals surface area contributed by atoms with Crippen molar-refractivity contribution in [2.45, 2.75) is 38.6 Å². The zero-order valence-electron chi connectivity index (χ0n) is 12.2. The first-order valence-electron chi connectivity index (χ1n) is 6.83. The van der Waals surface area contributed by atoms with Gasteiger partial charge in [-0.05, 0) is 34.6 Å². The summed E-state index contributed by atoms with van der Waals surface area (Å²) in [5.74, 6) is 0. The van der Waals surface area contributed by atoms with Crippen LogP contribution < -0.4 is 5.73 Å². The number of nitrogens with two attached hydrogens (primary N) is 1. The van der Waals surface area contributed by atoms with Crippen LogP contribution in [0.15, 0.2) is 42.7 Å². The molecule has 0 radical (unpaired) electrons. The van der Waals surface area contributed by atoms with Gasteiger partial charge in [0.1, 0.15) is 0 Å². The minimum absolute atomic E-state index is 0.0645. The molecule has 2 N–H and O–H groups in total. The van der Waals surface area contributed by atoms with Gasteiger partial charge < -0.3 is 5.73 Å². The minimum atomic E-state index is -0.0645. The molecule has 0 spiro atoms. The highest BCUT2D eigenvalue weighted by Crippen LogP contribution is 2.30. The van der Waals surface area contributed by atoms with Crippen molar-refractivity contribution in [2.24, 2.45) is 5.73 Å². The largest absolute Gasteiger partial charge is 0.324 e. The second-order valence-electron chi connectivity index (χ2n) is 6.11. The van der Waals surface area contributed by atoms with Crippen LogP contribution in [0, 0.1) is 0 Å². The molecule has 0 saturated heterocycles. The second-order valence-corrected chi connectivity index (χ2v) is 6.52. The van der Waals surface area contributed by atoms with Gasteiger partial charge in [-0.25, -0.2) is 0 Å². The Morgan fingerprint density at radius 3 is 2.55 bits per heavy atom. The van der Waals surface area contributed by atoms with Crippen LogP contribution in [-0.4, -0.2) is 4.98 Å². The molecular weight excluding hydrogens is 268 g/mol. The zero-order valence-corrected chi connectivity index (χ0v) is 13.0. The van der Waals surface area contributed by atoms with E-state index in [4.69, 9.17) is 17.3 Å². The maximum Gasteiger partial charge on any atom is 0.0622 e. The molecule has 20 heavy (non-hydrogen) atoms. The third-order valence-corrected chi connectivity index (χ3v) is 3.80. The first kappa shape index (κ1) is 15.0. The van der Waals surface area contributed by atoms with Crippen molar-refractivity contribution < 1.29 is 0 Å².